The number of nitrogens with zero attached hydrogens (tertiary/aromatic N) is 2. The molecule has 0 fully saturated rings. The Labute approximate surface area is 89.3 Å². The van der Waals surface area contributed by atoms with E-state index in [1.807, 2.05) is 23.7 Å². The van der Waals surface area contributed by atoms with Gasteiger partial charge in [0.15, 0.2) is 0 Å². The van der Waals surface area contributed by atoms with Gasteiger partial charge in [-0.2, -0.15) is 0 Å². The maximum Gasteiger partial charge on any atom is 0.222 e. The topological polar surface area (TPSA) is 64.9 Å². The van der Waals surface area contributed by atoms with E-state index in [1.165, 1.54) is 0 Å². The Morgan fingerprint density at radius 1 is 1.27 bits per heavy atom. The molecule has 0 amide bonds. The molecule has 2 N–H and O–H groups in total. The van der Waals surface area contributed by atoms with E-state index in [4.69, 9.17) is 10.3 Å². The van der Waals surface area contributed by atoms with Crippen molar-refractivity contribution >= 4 is 27.4 Å². The molecular formula is C10H7N3OS. The summed E-state index contributed by atoms with van der Waals surface area (Å²) in [7, 11) is 0. The highest BCUT2D eigenvalue weighted by molar-refractivity contribution is 7.16. The molecule has 3 rings (SSSR count). The number of anilines is 1. The molecule has 0 saturated heterocycles. The minimum Gasteiger partial charge on any atom is -0.368 e. The zero-order chi connectivity index (χ0) is 10.3. The summed E-state index contributed by atoms with van der Waals surface area (Å²) >= 11 is 1.60. The Balaban J connectivity index is 2.18. The van der Waals surface area contributed by atoms with Crippen LogP contribution in [0.5, 0.6) is 0 Å². The van der Waals surface area contributed by atoms with Crippen molar-refractivity contribution in [3.8, 4) is 11.3 Å². The summed E-state index contributed by atoms with van der Waals surface area (Å²) < 4.78 is 5.96. The third kappa shape index (κ3) is 1.37. The molecule has 0 aliphatic rings. The number of aromatic nitrogens is 2. The molecule has 4 nitrogen and oxygen atoms in total. The first-order chi connectivity index (χ1) is 7.33. The number of nitrogen functional groups attached to an aromatic ring is 1. The summed E-state index contributed by atoms with van der Waals surface area (Å²) in [5.74, 6) is 0.328. The van der Waals surface area contributed by atoms with E-state index in [0.717, 1.165) is 21.5 Å². The molecule has 0 spiro atoms. The summed E-state index contributed by atoms with van der Waals surface area (Å²) in [5, 5.41) is 3.86. The van der Waals surface area contributed by atoms with E-state index < -0.39 is 0 Å². The summed E-state index contributed by atoms with van der Waals surface area (Å²) in [6.07, 6.45) is 0. The smallest absolute Gasteiger partial charge is 0.222 e. The van der Waals surface area contributed by atoms with Gasteiger partial charge in [-0.3, -0.25) is 0 Å². The van der Waals surface area contributed by atoms with E-state index in [0.29, 0.717) is 5.88 Å². The fourth-order valence-electron chi connectivity index (χ4n) is 1.44. The van der Waals surface area contributed by atoms with Crippen LogP contribution in [0.25, 0.3) is 21.5 Å². The van der Waals surface area contributed by atoms with Crippen LogP contribution in [-0.2, 0) is 0 Å². The van der Waals surface area contributed by atoms with Gasteiger partial charge in [-0.1, -0.05) is 11.2 Å². The standard InChI is InChI=1S/C10H7N3OS/c11-10-4-8(13-14-10)6-1-2-7-9(3-6)15-5-12-7/h1-5H,11H2. The maximum atomic E-state index is 5.47. The van der Waals surface area contributed by atoms with Crippen molar-refractivity contribution in [2.24, 2.45) is 0 Å². The molecule has 74 valence electrons. The summed E-state index contributed by atoms with van der Waals surface area (Å²) in [5.41, 5.74) is 10.0. The van der Waals surface area contributed by atoms with Crippen LogP contribution < -0.4 is 5.73 Å². The van der Waals surface area contributed by atoms with Crippen molar-refractivity contribution in [3.05, 3.63) is 29.8 Å². The van der Waals surface area contributed by atoms with Gasteiger partial charge in [0.25, 0.3) is 0 Å². The molecule has 0 aliphatic heterocycles. The fraction of sp³-hybridized carbons (Fsp3) is 0. The van der Waals surface area contributed by atoms with E-state index in [1.54, 1.807) is 17.4 Å². The van der Waals surface area contributed by atoms with E-state index in [9.17, 15) is 0 Å². The molecule has 0 saturated carbocycles. The fourth-order valence-corrected chi connectivity index (χ4v) is 2.16. The van der Waals surface area contributed by atoms with Crippen molar-refractivity contribution < 1.29 is 4.52 Å². The third-order valence-electron chi connectivity index (χ3n) is 2.16. The van der Waals surface area contributed by atoms with Gasteiger partial charge in [0.1, 0.15) is 5.69 Å². The second-order valence-corrected chi connectivity index (χ2v) is 4.04. The maximum absolute atomic E-state index is 5.47. The first kappa shape index (κ1) is 8.43. The molecule has 0 atom stereocenters. The largest absolute Gasteiger partial charge is 0.368 e. The molecule has 2 aromatic heterocycles. The first-order valence-electron chi connectivity index (χ1n) is 4.39. The number of nitrogens with two attached hydrogens (primary N) is 1. The predicted molar refractivity (Wildman–Crippen MR) is 59.5 cm³/mol. The molecule has 5 heteroatoms. The van der Waals surface area contributed by atoms with Crippen LogP contribution in [-0.4, -0.2) is 10.1 Å². The Morgan fingerprint density at radius 2 is 2.20 bits per heavy atom. The van der Waals surface area contributed by atoms with E-state index in [-0.39, 0.29) is 0 Å². The first-order valence-corrected chi connectivity index (χ1v) is 5.27. The molecule has 15 heavy (non-hydrogen) atoms. The van der Waals surface area contributed by atoms with Gasteiger partial charge in [-0.05, 0) is 12.1 Å². The van der Waals surface area contributed by atoms with Crippen LogP contribution in [0.1, 0.15) is 0 Å². The van der Waals surface area contributed by atoms with Crippen molar-refractivity contribution in [2.75, 3.05) is 5.73 Å². The van der Waals surface area contributed by atoms with Crippen molar-refractivity contribution in [1.29, 1.82) is 0 Å². The second-order valence-electron chi connectivity index (χ2n) is 3.15. The average Bonchev–Trinajstić information content (AvgIpc) is 2.84. The van der Waals surface area contributed by atoms with Gasteiger partial charge in [0.05, 0.1) is 15.7 Å². The van der Waals surface area contributed by atoms with Gasteiger partial charge < -0.3 is 10.3 Å². The number of thiazole rings is 1. The number of hydrogen-bond acceptors (Lipinski definition) is 5. The Hall–Kier alpha value is -1.88. The lowest BCUT2D eigenvalue weighted by molar-refractivity contribution is 0.439. The van der Waals surface area contributed by atoms with Crippen LogP contribution in [0.4, 0.5) is 5.88 Å². The SMILES string of the molecule is Nc1cc(-c2ccc3ncsc3c2)no1. The quantitative estimate of drug-likeness (QED) is 0.680. The molecule has 3 aromatic rings. The van der Waals surface area contributed by atoms with Crippen molar-refractivity contribution in [1.82, 2.24) is 10.1 Å². The van der Waals surface area contributed by atoms with Crippen molar-refractivity contribution in [2.45, 2.75) is 0 Å². The third-order valence-corrected chi connectivity index (χ3v) is 2.95. The zero-order valence-corrected chi connectivity index (χ0v) is 8.49. The lowest BCUT2D eigenvalue weighted by atomic mass is 10.1. The molecule has 2 heterocycles. The highest BCUT2D eigenvalue weighted by Crippen LogP contribution is 2.26. The predicted octanol–water partition coefficient (Wildman–Crippen LogP) is 2.53. The number of rotatable bonds is 1. The average molecular weight is 217 g/mol. The Morgan fingerprint density at radius 3 is 3.00 bits per heavy atom. The lowest BCUT2D eigenvalue weighted by Gasteiger charge is -1.94. The van der Waals surface area contributed by atoms with E-state index >= 15 is 0 Å². The minimum atomic E-state index is 0.328. The zero-order valence-electron chi connectivity index (χ0n) is 7.68. The van der Waals surface area contributed by atoms with Gasteiger partial charge in [-0.25, -0.2) is 4.98 Å². The molecular weight excluding hydrogens is 210 g/mol. The van der Waals surface area contributed by atoms with Crippen LogP contribution in [0.2, 0.25) is 0 Å². The van der Waals surface area contributed by atoms with Crippen LogP contribution in [0.3, 0.4) is 0 Å². The number of hydrogen-bond donors (Lipinski definition) is 1. The van der Waals surface area contributed by atoms with Crippen LogP contribution in [0.15, 0.2) is 34.3 Å². The molecule has 0 bridgehead atoms. The lowest BCUT2D eigenvalue weighted by Crippen LogP contribution is -1.77. The highest BCUT2D eigenvalue weighted by atomic mass is 32.1. The summed E-state index contributed by atoms with van der Waals surface area (Å²) in [4.78, 5) is 4.21. The monoisotopic (exact) mass is 217 g/mol. The Bertz CT molecular complexity index is 614. The van der Waals surface area contributed by atoms with Gasteiger partial charge in [0, 0.05) is 11.6 Å². The van der Waals surface area contributed by atoms with Crippen LogP contribution in [0, 0.1) is 0 Å². The second kappa shape index (κ2) is 3.06. The minimum absolute atomic E-state index is 0.328. The van der Waals surface area contributed by atoms with Crippen LogP contribution >= 0.6 is 11.3 Å². The molecule has 0 unspecified atom stereocenters. The molecule has 1 aromatic carbocycles. The summed E-state index contributed by atoms with van der Waals surface area (Å²) in [6.45, 7) is 0. The number of benzene rings is 1. The number of fused-ring (bicyclic) bond motifs is 1. The van der Waals surface area contributed by atoms with Gasteiger partial charge >= 0.3 is 0 Å². The molecule has 0 aliphatic carbocycles. The van der Waals surface area contributed by atoms with Gasteiger partial charge in [-0.15, -0.1) is 11.3 Å². The Kier molecular flexibility index (Phi) is 1.72. The highest BCUT2D eigenvalue weighted by Gasteiger charge is 2.05. The summed E-state index contributed by atoms with van der Waals surface area (Å²) in [6, 6.07) is 7.66. The molecule has 0 radical (unpaired) electrons. The van der Waals surface area contributed by atoms with Gasteiger partial charge in [0.2, 0.25) is 5.88 Å². The van der Waals surface area contributed by atoms with Crippen molar-refractivity contribution in [3.63, 3.8) is 0 Å². The van der Waals surface area contributed by atoms with E-state index in [2.05, 4.69) is 10.1 Å². The normalized spacial score (nSPS) is 10.9.